The molecular formula is C17H13Cl2F2N3O2S. The highest BCUT2D eigenvalue weighted by Gasteiger charge is 2.32. The van der Waals surface area contributed by atoms with Gasteiger partial charge in [0.15, 0.2) is 11.6 Å². The van der Waals surface area contributed by atoms with Crippen LogP contribution in [0, 0.1) is 23.0 Å². The maximum Gasteiger partial charge on any atom is 0.244 e. The van der Waals surface area contributed by atoms with Gasteiger partial charge in [0.05, 0.1) is 16.7 Å². The maximum atomic E-state index is 14.2. The molecule has 10 heteroatoms. The topological polar surface area (TPSA) is 64.4 Å². The Bertz CT molecular complexity index is 1010. The first kappa shape index (κ1) is 19.8. The minimum absolute atomic E-state index is 0.0179. The van der Waals surface area contributed by atoms with E-state index in [1.807, 2.05) is 0 Å². The summed E-state index contributed by atoms with van der Waals surface area (Å²) < 4.78 is 55.2. The van der Waals surface area contributed by atoms with Crippen molar-refractivity contribution in [3.63, 3.8) is 0 Å². The molecular weight excluding hydrogens is 419 g/mol. The van der Waals surface area contributed by atoms with Gasteiger partial charge in [-0.15, -0.1) is 0 Å². The van der Waals surface area contributed by atoms with Crippen molar-refractivity contribution in [1.82, 2.24) is 4.31 Å². The molecule has 1 aliphatic heterocycles. The molecule has 27 heavy (non-hydrogen) atoms. The van der Waals surface area contributed by atoms with Gasteiger partial charge in [-0.1, -0.05) is 23.2 Å². The van der Waals surface area contributed by atoms with Gasteiger partial charge in [-0.05, 0) is 30.3 Å². The molecule has 2 aromatic carbocycles. The van der Waals surface area contributed by atoms with Gasteiger partial charge in [0, 0.05) is 31.2 Å². The smallest absolute Gasteiger partial charge is 0.244 e. The summed E-state index contributed by atoms with van der Waals surface area (Å²) in [4.78, 5) is 1.30. The Balaban J connectivity index is 1.82. The predicted octanol–water partition coefficient (Wildman–Crippen LogP) is 3.65. The lowest BCUT2D eigenvalue weighted by atomic mass is 10.1. The molecule has 5 nitrogen and oxygen atoms in total. The molecule has 0 aliphatic carbocycles. The minimum atomic E-state index is -3.89. The van der Waals surface area contributed by atoms with Crippen LogP contribution in [0.3, 0.4) is 0 Å². The highest BCUT2D eigenvalue weighted by atomic mass is 35.5. The summed E-state index contributed by atoms with van der Waals surface area (Å²) in [5.41, 5.74) is -0.391. The van der Waals surface area contributed by atoms with E-state index < -0.39 is 21.7 Å². The molecule has 1 heterocycles. The molecule has 2 aromatic rings. The van der Waals surface area contributed by atoms with Crippen molar-refractivity contribution in [2.24, 2.45) is 0 Å². The van der Waals surface area contributed by atoms with Gasteiger partial charge in [-0.3, -0.25) is 0 Å². The van der Waals surface area contributed by atoms with Gasteiger partial charge in [-0.25, -0.2) is 17.2 Å². The maximum absolute atomic E-state index is 14.2. The summed E-state index contributed by atoms with van der Waals surface area (Å²) in [6, 6.07) is 7.74. The molecule has 1 aliphatic rings. The molecule has 3 rings (SSSR count). The number of anilines is 1. The van der Waals surface area contributed by atoms with Crippen LogP contribution in [0.4, 0.5) is 14.5 Å². The number of hydrogen-bond donors (Lipinski definition) is 0. The average Bonchev–Trinajstić information content (AvgIpc) is 2.63. The number of piperazine rings is 1. The SMILES string of the molecule is N#Cc1cc(F)c(N2CCN(S(=O)(=O)c3cc(Cl)ccc3Cl)CC2)c(F)c1. The largest absolute Gasteiger partial charge is 0.364 e. The fourth-order valence-electron chi connectivity index (χ4n) is 2.90. The Hall–Kier alpha value is -1.92. The van der Waals surface area contributed by atoms with E-state index in [0.717, 1.165) is 12.1 Å². The Kier molecular flexibility index (Phi) is 5.58. The summed E-state index contributed by atoms with van der Waals surface area (Å²) in [6.45, 7) is 0.197. The second-order valence-corrected chi connectivity index (χ2v) is 8.62. The van der Waals surface area contributed by atoms with Crippen molar-refractivity contribution in [2.75, 3.05) is 31.1 Å². The number of sulfonamides is 1. The molecule has 0 bridgehead atoms. The molecule has 0 radical (unpaired) electrons. The minimum Gasteiger partial charge on any atom is -0.364 e. The van der Waals surface area contributed by atoms with Crippen LogP contribution in [-0.2, 0) is 10.0 Å². The fraction of sp³-hybridized carbons (Fsp3) is 0.235. The zero-order chi connectivity index (χ0) is 19.8. The molecule has 0 aromatic heterocycles. The molecule has 1 saturated heterocycles. The van der Waals surface area contributed by atoms with Gasteiger partial charge in [0.1, 0.15) is 10.6 Å². The highest BCUT2D eigenvalue weighted by Crippen LogP contribution is 2.30. The van der Waals surface area contributed by atoms with Crippen LogP contribution in [0.1, 0.15) is 5.56 Å². The van der Waals surface area contributed by atoms with Crippen LogP contribution in [0.5, 0.6) is 0 Å². The summed E-state index contributed by atoms with van der Waals surface area (Å²) in [5, 5.41) is 9.05. The quantitative estimate of drug-likeness (QED) is 0.743. The second kappa shape index (κ2) is 7.60. The summed E-state index contributed by atoms with van der Waals surface area (Å²) in [6.07, 6.45) is 0. The second-order valence-electron chi connectivity index (χ2n) is 5.87. The van der Waals surface area contributed by atoms with E-state index in [-0.39, 0.29) is 52.4 Å². The van der Waals surface area contributed by atoms with Gasteiger partial charge >= 0.3 is 0 Å². The van der Waals surface area contributed by atoms with Crippen LogP contribution in [0.2, 0.25) is 10.0 Å². The van der Waals surface area contributed by atoms with Crippen molar-refractivity contribution >= 4 is 38.9 Å². The van der Waals surface area contributed by atoms with Crippen LogP contribution in [-0.4, -0.2) is 38.9 Å². The van der Waals surface area contributed by atoms with Crippen LogP contribution < -0.4 is 4.90 Å². The molecule has 1 fully saturated rings. The lowest BCUT2D eigenvalue weighted by Crippen LogP contribution is -2.49. The Labute approximate surface area is 165 Å². The van der Waals surface area contributed by atoms with Crippen molar-refractivity contribution in [1.29, 1.82) is 5.26 Å². The van der Waals surface area contributed by atoms with E-state index in [4.69, 9.17) is 28.5 Å². The first-order valence-corrected chi connectivity index (χ1v) is 10.0. The summed E-state index contributed by atoms with van der Waals surface area (Å²) in [5.74, 6) is -1.72. The highest BCUT2D eigenvalue weighted by molar-refractivity contribution is 7.89. The predicted molar refractivity (Wildman–Crippen MR) is 98.5 cm³/mol. The number of nitrogens with zero attached hydrogens (tertiary/aromatic N) is 3. The third-order valence-corrected chi connectivity index (χ3v) is 6.83. The van der Waals surface area contributed by atoms with E-state index in [1.54, 1.807) is 6.07 Å². The third-order valence-electron chi connectivity index (χ3n) is 4.21. The number of rotatable bonds is 3. The summed E-state index contributed by atoms with van der Waals surface area (Å²) >= 11 is 11.9. The molecule has 0 atom stereocenters. The monoisotopic (exact) mass is 431 g/mol. The van der Waals surface area contributed by atoms with Crippen LogP contribution in [0.15, 0.2) is 35.2 Å². The molecule has 0 saturated carbocycles. The molecule has 142 valence electrons. The molecule has 0 N–H and O–H groups in total. The van der Waals surface area contributed by atoms with Crippen molar-refractivity contribution in [3.8, 4) is 6.07 Å². The van der Waals surface area contributed by atoms with Gasteiger partial charge < -0.3 is 4.90 Å². The van der Waals surface area contributed by atoms with E-state index in [9.17, 15) is 17.2 Å². The van der Waals surface area contributed by atoms with E-state index >= 15 is 0 Å². The zero-order valence-electron chi connectivity index (χ0n) is 13.8. The zero-order valence-corrected chi connectivity index (χ0v) is 16.1. The first-order chi connectivity index (χ1) is 12.7. The van der Waals surface area contributed by atoms with E-state index in [2.05, 4.69) is 0 Å². The number of hydrogen-bond acceptors (Lipinski definition) is 4. The Morgan fingerprint density at radius 3 is 2.15 bits per heavy atom. The normalized spacial score (nSPS) is 15.6. The summed E-state index contributed by atoms with van der Waals surface area (Å²) in [7, 11) is -3.89. The lowest BCUT2D eigenvalue weighted by molar-refractivity contribution is 0.381. The van der Waals surface area contributed by atoms with Gasteiger partial charge in [0.2, 0.25) is 10.0 Å². The standard InChI is InChI=1S/C17H13Cl2F2N3O2S/c18-12-1-2-13(19)16(9-12)27(25,26)24-5-3-23(4-6-24)17-14(20)7-11(10-22)8-15(17)21/h1-2,7-9H,3-6H2. The molecule has 0 amide bonds. The first-order valence-electron chi connectivity index (χ1n) is 7.83. The molecule has 0 spiro atoms. The number of nitriles is 1. The number of benzene rings is 2. The number of halogens is 4. The van der Waals surface area contributed by atoms with Gasteiger partial charge in [-0.2, -0.15) is 9.57 Å². The van der Waals surface area contributed by atoms with Gasteiger partial charge in [0.25, 0.3) is 0 Å². The Morgan fingerprint density at radius 2 is 1.59 bits per heavy atom. The van der Waals surface area contributed by atoms with Crippen molar-refractivity contribution in [2.45, 2.75) is 4.90 Å². The Morgan fingerprint density at radius 1 is 1.00 bits per heavy atom. The molecule has 0 unspecified atom stereocenters. The van der Waals surface area contributed by atoms with Crippen LogP contribution in [0.25, 0.3) is 0 Å². The van der Waals surface area contributed by atoms with Crippen molar-refractivity contribution < 1.29 is 17.2 Å². The average molecular weight is 432 g/mol. The third kappa shape index (κ3) is 3.87. The fourth-order valence-corrected chi connectivity index (χ4v) is 5.06. The van der Waals surface area contributed by atoms with Crippen molar-refractivity contribution in [3.05, 3.63) is 57.6 Å². The lowest BCUT2D eigenvalue weighted by Gasteiger charge is -2.35. The van der Waals surface area contributed by atoms with Crippen LogP contribution >= 0.6 is 23.2 Å². The van der Waals surface area contributed by atoms with E-state index in [0.29, 0.717) is 0 Å². The van der Waals surface area contributed by atoms with E-state index in [1.165, 1.54) is 27.4 Å².